The summed E-state index contributed by atoms with van der Waals surface area (Å²) in [6.07, 6.45) is 4.31. The van der Waals surface area contributed by atoms with E-state index in [4.69, 9.17) is 4.74 Å². The molecule has 1 aliphatic carbocycles. The lowest BCUT2D eigenvalue weighted by Crippen LogP contribution is -2.50. The Morgan fingerprint density at radius 1 is 1.07 bits per heavy atom. The lowest BCUT2D eigenvalue weighted by atomic mass is 9.77. The minimum Gasteiger partial charge on any atom is -0.379 e. The molecule has 0 aromatic rings. The van der Waals surface area contributed by atoms with E-state index in [0.717, 1.165) is 44.2 Å². The van der Waals surface area contributed by atoms with E-state index in [9.17, 15) is 0 Å². The van der Waals surface area contributed by atoms with Crippen molar-refractivity contribution < 1.29 is 4.74 Å². The first-order valence-corrected chi connectivity index (χ1v) is 6.47. The average molecular weight is 210 g/mol. The normalized spacial score (nSPS) is 42.8. The molecule has 2 saturated heterocycles. The van der Waals surface area contributed by atoms with Gasteiger partial charge in [-0.15, -0.1) is 0 Å². The van der Waals surface area contributed by atoms with E-state index in [-0.39, 0.29) is 0 Å². The van der Waals surface area contributed by atoms with Gasteiger partial charge in [-0.3, -0.25) is 4.90 Å². The van der Waals surface area contributed by atoms with Crippen LogP contribution in [0.2, 0.25) is 0 Å². The second kappa shape index (κ2) is 4.40. The molecule has 86 valence electrons. The first-order valence-electron chi connectivity index (χ1n) is 6.47. The van der Waals surface area contributed by atoms with Gasteiger partial charge in [-0.05, 0) is 37.8 Å². The first-order chi connectivity index (χ1) is 7.45. The second-order valence-electron chi connectivity index (χ2n) is 5.23. The van der Waals surface area contributed by atoms with Crippen LogP contribution in [0.15, 0.2) is 0 Å². The van der Waals surface area contributed by atoms with Crippen molar-refractivity contribution in [3.05, 3.63) is 0 Å². The van der Waals surface area contributed by atoms with Gasteiger partial charge in [0, 0.05) is 19.1 Å². The average Bonchev–Trinajstić information content (AvgIpc) is 2.78. The highest BCUT2D eigenvalue weighted by molar-refractivity contribution is 4.94. The highest BCUT2D eigenvalue weighted by Crippen LogP contribution is 2.35. The van der Waals surface area contributed by atoms with Crippen LogP contribution in [0.5, 0.6) is 0 Å². The second-order valence-corrected chi connectivity index (χ2v) is 5.23. The molecule has 2 aliphatic heterocycles. The third kappa shape index (κ3) is 1.93. The zero-order valence-electron chi connectivity index (χ0n) is 9.45. The van der Waals surface area contributed by atoms with Gasteiger partial charge in [0.15, 0.2) is 0 Å². The molecule has 3 heteroatoms. The topological polar surface area (TPSA) is 24.5 Å². The number of nitrogens with one attached hydrogen (secondary N) is 1. The largest absolute Gasteiger partial charge is 0.379 e. The van der Waals surface area contributed by atoms with Gasteiger partial charge in [0.2, 0.25) is 0 Å². The Morgan fingerprint density at radius 3 is 2.80 bits per heavy atom. The fourth-order valence-electron chi connectivity index (χ4n) is 3.69. The van der Waals surface area contributed by atoms with Crippen molar-refractivity contribution in [1.82, 2.24) is 10.2 Å². The van der Waals surface area contributed by atoms with Crippen molar-refractivity contribution in [3.8, 4) is 0 Å². The van der Waals surface area contributed by atoms with E-state index in [1.165, 1.54) is 32.4 Å². The molecule has 3 atom stereocenters. The van der Waals surface area contributed by atoms with Gasteiger partial charge in [0.25, 0.3) is 0 Å². The Balaban J connectivity index is 1.67. The van der Waals surface area contributed by atoms with Crippen molar-refractivity contribution in [1.29, 1.82) is 0 Å². The first kappa shape index (κ1) is 10.1. The number of hydrogen-bond acceptors (Lipinski definition) is 3. The van der Waals surface area contributed by atoms with Crippen LogP contribution in [0, 0.1) is 11.8 Å². The molecule has 0 spiro atoms. The molecule has 0 bridgehead atoms. The molecule has 0 aromatic carbocycles. The van der Waals surface area contributed by atoms with Crippen LogP contribution in [0.25, 0.3) is 0 Å². The van der Waals surface area contributed by atoms with Crippen molar-refractivity contribution in [3.63, 3.8) is 0 Å². The summed E-state index contributed by atoms with van der Waals surface area (Å²) in [5.74, 6) is 1.89. The Kier molecular flexibility index (Phi) is 2.95. The molecule has 2 heterocycles. The zero-order chi connectivity index (χ0) is 10.1. The van der Waals surface area contributed by atoms with Crippen LogP contribution in [0.1, 0.15) is 19.3 Å². The maximum absolute atomic E-state index is 5.44. The van der Waals surface area contributed by atoms with E-state index in [2.05, 4.69) is 10.2 Å². The maximum atomic E-state index is 5.44. The number of nitrogens with zero attached hydrogens (tertiary/aromatic N) is 1. The van der Waals surface area contributed by atoms with Crippen LogP contribution < -0.4 is 5.32 Å². The van der Waals surface area contributed by atoms with Crippen LogP contribution in [-0.4, -0.2) is 50.3 Å². The molecule has 0 radical (unpaired) electrons. The predicted octanol–water partition coefficient (Wildman–Crippen LogP) is 0.707. The molecular formula is C12H22N2O. The summed E-state index contributed by atoms with van der Waals surface area (Å²) >= 11 is 0. The molecule has 15 heavy (non-hydrogen) atoms. The highest BCUT2D eigenvalue weighted by Gasteiger charge is 2.39. The molecule has 3 fully saturated rings. The summed E-state index contributed by atoms with van der Waals surface area (Å²) in [5, 5.41) is 3.58. The third-order valence-corrected chi connectivity index (χ3v) is 4.48. The van der Waals surface area contributed by atoms with Gasteiger partial charge in [-0.25, -0.2) is 0 Å². The number of morpholine rings is 1. The monoisotopic (exact) mass is 210 g/mol. The lowest BCUT2D eigenvalue weighted by Gasteiger charge is -2.42. The Hall–Kier alpha value is -0.120. The van der Waals surface area contributed by atoms with Crippen LogP contribution in [0.3, 0.4) is 0 Å². The Labute approximate surface area is 92.2 Å². The van der Waals surface area contributed by atoms with E-state index in [1.807, 2.05) is 0 Å². The van der Waals surface area contributed by atoms with Gasteiger partial charge in [0.05, 0.1) is 13.2 Å². The summed E-state index contributed by atoms with van der Waals surface area (Å²) in [7, 11) is 0. The van der Waals surface area contributed by atoms with Crippen molar-refractivity contribution in [2.75, 3.05) is 39.4 Å². The maximum Gasteiger partial charge on any atom is 0.0594 e. The summed E-state index contributed by atoms with van der Waals surface area (Å²) in [6, 6.07) is 0.850. The molecular weight excluding hydrogens is 188 g/mol. The molecule has 0 amide bonds. The molecule has 3 aliphatic rings. The summed E-state index contributed by atoms with van der Waals surface area (Å²) in [4.78, 5) is 2.69. The summed E-state index contributed by atoms with van der Waals surface area (Å²) < 4.78 is 5.44. The van der Waals surface area contributed by atoms with Crippen molar-refractivity contribution >= 4 is 0 Å². The van der Waals surface area contributed by atoms with E-state index >= 15 is 0 Å². The molecule has 0 aromatic heterocycles. The predicted molar refractivity (Wildman–Crippen MR) is 59.9 cm³/mol. The SMILES string of the molecule is C1C[C@@H]2CNC[C@@H]2[C@@H](N2CCOCC2)C1. The smallest absolute Gasteiger partial charge is 0.0594 e. The highest BCUT2D eigenvalue weighted by atomic mass is 16.5. The van der Waals surface area contributed by atoms with Crippen LogP contribution in [0.4, 0.5) is 0 Å². The quantitative estimate of drug-likeness (QED) is 0.690. The lowest BCUT2D eigenvalue weighted by molar-refractivity contribution is -0.0111. The van der Waals surface area contributed by atoms with E-state index in [1.54, 1.807) is 0 Å². The van der Waals surface area contributed by atoms with Crippen LogP contribution in [-0.2, 0) is 4.74 Å². The van der Waals surface area contributed by atoms with Gasteiger partial charge in [-0.2, -0.15) is 0 Å². The van der Waals surface area contributed by atoms with Crippen molar-refractivity contribution in [2.24, 2.45) is 11.8 Å². The Bertz CT molecular complexity index is 216. The number of hydrogen-bond donors (Lipinski definition) is 1. The van der Waals surface area contributed by atoms with Gasteiger partial charge < -0.3 is 10.1 Å². The minimum absolute atomic E-state index is 0.850. The summed E-state index contributed by atoms with van der Waals surface area (Å²) in [5.41, 5.74) is 0. The molecule has 1 saturated carbocycles. The summed E-state index contributed by atoms with van der Waals surface area (Å²) in [6.45, 7) is 6.74. The molecule has 1 N–H and O–H groups in total. The molecule has 0 unspecified atom stereocenters. The van der Waals surface area contributed by atoms with Gasteiger partial charge in [-0.1, -0.05) is 6.42 Å². The van der Waals surface area contributed by atoms with E-state index in [0.29, 0.717) is 0 Å². The Morgan fingerprint density at radius 2 is 1.93 bits per heavy atom. The van der Waals surface area contributed by atoms with Gasteiger partial charge in [0.1, 0.15) is 0 Å². The van der Waals surface area contributed by atoms with Crippen LogP contribution >= 0.6 is 0 Å². The molecule has 3 rings (SSSR count). The number of rotatable bonds is 1. The minimum atomic E-state index is 0.850. The standard InChI is InChI=1S/C12H22N2O/c1-2-10-8-13-9-11(10)12(3-1)14-4-6-15-7-5-14/h10-13H,1-9H2/t10-,11+,12+/m1/s1. The zero-order valence-corrected chi connectivity index (χ0v) is 9.45. The molecule has 3 nitrogen and oxygen atoms in total. The number of ether oxygens (including phenoxy) is 1. The fraction of sp³-hybridized carbons (Fsp3) is 1.00. The van der Waals surface area contributed by atoms with Crippen molar-refractivity contribution in [2.45, 2.75) is 25.3 Å². The van der Waals surface area contributed by atoms with E-state index < -0.39 is 0 Å². The third-order valence-electron chi connectivity index (χ3n) is 4.48. The van der Waals surface area contributed by atoms with Gasteiger partial charge >= 0.3 is 0 Å². The number of fused-ring (bicyclic) bond motifs is 1. The fourth-order valence-corrected chi connectivity index (χ4v) is 3.69.